The van der Waals surface area contributed by atoms with Gasteiger partial charge in [-0.05, 0) is 37.1 Å². The molecule has 2 N–H and O–H groups in total. The van der Waals surface area contributed by atoms with E-state index in [1.807, 2.05) is 6.20 Å². The maximum Gasteiger partial charge on any atom is 0.255 e. The molecule has 3 aromatic heterocycles. The van der Waals surface area contributed by atoms with Crippen LogP contribution in [0, 0.1) is 0 Å². The molecule has 2 aliphatic rings. The van der Waals surface area contributed by atoms with Crippen LogP contribution in [-0.4, -0.2) is 44.7 Å². The van der Waals surface area contributed by atoms with Gasteiger partial charge in [-0.15, -0.1) is 11.3 Å². The Bertz CT molecular complexity index is 1000. The molecule has 0 radical (unpaired) electrons. The van der Waals surface area contributed by atoms with Crippen LogP contribution in [0.1, 0.15) is 36.1 Å². The standard InChI is InChI=1S/C20H24N6OS/c27-19-15-6-9-25(12-14-11-21-24-18(14)17-5-4-10-28-17)13-16(15)22-20(23-19)26-7-2-1-3-8-26/h4-5,10-11H,1-3,6-9,12-13H2,(H,21,24)(H,22,23,27). The van der Waals surface area contributed by atoms with Crippen molar-refractivity contribution in [2.45, 2.75) is 38.8 Å². The Morgan fingerprint density at radius 1 is 1.18 bits per heavy atom. The minimum Gasteiger partial charge on any atom is -0.342 e. The Morgan fingerprint density at radius 3 is 2.89 bits per heavy atom. The van der Waals surface area contributed by atoms with Crippen LogP contribution in [0.5, 0.6) is 0 Å². The van der Waals surface area contributed by atoms with E-state index >= 15 is 0 Å². The van der Waals surface area contributed by atoms with E-state index < -0.39 is 0 Å². The predicted octanol–water partition coefficient (Wildman–Crippen LogP) is 2.77. The fourth-order valence-corrected chi connectivity index (χ4v) is 4.93. The number of nitrogens with zero attached hydrogens (tertiary/aromatic N) is 4. The van der Waals surface area contributed by atoms with Crippen LogP contribution in [0.4, 0.5) is 5.95 Å². The van der Waals surface area contributed by atoms with Gasteiger partial charge >= 0.3 is 0 Å². The Hall–Kier alpha value is -2.45. The molecule has 5 rings (SSSR count). The number of piperidine rings is 1. The second-order valence-corrected chi connectivity index (χ2v) is 8.52. The maximum atomic E-state index is 12.6. The van der Waals surface area contributed by atoms with Crippen LogP contribution in [-0.2, 0) is 19.5 Å². The van der Waals surface area contributed by atoms with Crippen molar-refractivity contribution in [3.8, 4) is 10.6 Å². The van der Waals surface area contributed by atoms with Gasteiger partial charge in [0, 0.05) is 43.9 Å². The number of H-pyrrole nitrogens is 2. The van der Waals surface area contributed by atoms with Gasteiger partial charge in [0.15, 0.2) is 0 Å². The maximum absolute atomic E-state index is 12.6. The van der Waals surface area contributed by atoms with Crippen molar-refractivity contribution in [1.29, 1.82) is 0 Å². The van der Waals surface area contributed by atoms with Crippen molar-refractivity contribution in [3.05, 3.63) is 50.9 Å². The largest absolute Gasteiger partial charge is 0.342 e. The molecule has 1 saturated heterocycles. The topological polar surface area (TPSA) is 80.9 Å². The molecule has 3 aromatic rings. The van der Waals surface area contributed by atoms with Gasteiger partial charge in [0.05, 0.1) is 22.5 Å². The van der Waals surface area contributed by atoms with Gasteiger partial charge in [0.2, 0.25) is 5.95 Å². The lowest BCUT2D eigenvalue weighted by Crippen LogP contribution is -2.38. The molecule has 0 saturated carbocycles. The molecular formula is C20H24N6OS. The van der Waals surface area contributed by atoms with Gasteiger partial charge in [0.25, 0.3) is 5.56 Å². The highest BCUT2D eigenvalue weighted by molar-refractivity contribution is 7.13. The van der Waals surface area contributed by atoms with Crippen molar-refractivity contribution < 1.29 is 0 Å². The van der Waals surface area contributed by atoms with Crippen LogP contribution in [0.3, 0.4) is 0 Å². The lowest BCUT2D eigenvalue weighted by Gasteiger charge is -2.30. The second kappa shape index (κ2) is 7.52. The Morgan fingerprint density at radius 2 is 2.07 bits per heavy atom. The third-order valence-electron chi connectivity index (χ3n) is 5.68. The number of hydrogen-bond donors (Lipinski definition) is 2. The minimum absolute atomic E-state index is 0.0350. The lowest BCUT2D eigenvalue weighted by atomic mass is 10.1. The summed E-state index contributed by atoms with van der Waals surface area (Å²) >= 11 is 1.71. The first-order valence-corrected chi connectivity index (χ1v) is 10.8. The molecule has 146 valence electrons. The SMILES string of the molecule is O=c1[nH]c(N2CCCCC2)nc2c1CCN(Cc1cn[nH]c1-c1cccs1)C2. The van der Waals surface area contributed by atoms with Gasteiger partial charge in [-0.1, -0.05) is 6.07 Å². The van der Waals surface area contributed by atoms with Crippen LogP contribution < -0.4 is 10.5 Å². The smallest absolute Gasteiger partial charge is 0.255 e. The molecule has 5 heterocycles. The lowest BCUT2D eigenvalue weighted by molar-refractivity contribution is 0.241. The van der Waals surface area contributed by atoms with Gasteiger partial charge < -0.3 is 4.90 Å². The molecule has 7 nitrogen and oxygen atoms in total. The first-order chi connectivity index (χ1) is 13.8. The van der Waals surface area contributed by atoms with Crippen LogP contribution >= 0.6 is 11.3 Å². The molecule has 2 aliphatic heterocycles. The van der Waals surface area contributed by atoms with Crippen molar-refractivity contribution in [2.75, 3.05) is 24.5 Å². The first kappa shape index (κ1) is 17.6. The number of fused-ring (bicyclic) bond motifs is 1. The number of nitrogens with one attached hydrogen (secondary N) is 2. The first-order valence-electron chi connectivity index (χ1n) is 9.93. The summed E-state index contributed by atoms with van der Waals surface area (Å²) in [4.78, 5) is 26.3. The van der Waals surface area contributed by atoms with Crippen molar-refractivity contribution in [3.63, 3.8) is 0 Å². The normalized spacial score (nSPS) is 17.6. The quantitative estimate of drug-likeness (QED) is 0.709. The van der Waals surface area contributed by atoms with Gasteiger partial charge in [-0.3, -0.25) is 19.8 Å². The predicted molar refractivity (Wildman–Crippen MR) is 111 cm³/mol. The molecule has 0 amide bonds. The van der Waals surface area contributed by atoms with Gasteiger partial charge in [0.1, 0.15) is 0 Å². The molecule has 1 fully saturated rings. The number of aromatic amines is 2. The third-order valence-corrected chi connectivity index (χ3v) is 6.56. The average Bonchev–Trinajstić information content (AvgIpc) is 3.40. The van der Waals surface area contributed by atoms with Crippen molar-refractivity contribution >= 4 is 17.3 Å². The molecule has 28 heavy (non-hydrogen) atoms. The molecular weight excluding hydrogens is 372 g/mol. The Labute approximate surface area is 167 Å². The van der Waals surface area contributed by atoms with Crippen LogP contribution in [0.25, 0.3) is 10.6 Å². The summed E-state index contributed by atoms with van der Waals surface area (Å²) in [5.74, 6) is 0.743. The van der Waals surface area contributed by atoms with E-state index in [1.165, 1.54) is 29.7 Å². The summed E-state index contributed by atoms with van der Waals surface area (Å²) in [7, 11) is 0. The van der Waals surface area contributed by atoms with Crippen molar-refractivity contribution in [2.24, 2.45) is 0 Å². The second-order valence-electron chi connectivity index (χ2n) is 7.57. The zero-order chi connectivity index (χ0) is 18.9. The van der Waals surface area contributed by atoms with E-state index in [2.05, 4.69) is 42.5 Å². The minimum atomic E-state index is 0.0350. The molecule has 0 spiro atoms. The summed E-state index contributed by atoms with van der Waals surface area (Å²) in [5, 5.41) is 9.47. The third kappa shape index (κ3) is 3.38. The number of anilines is 1. The Balaban J connectivity index is 1.37. The molecule has 0 bridgehead atoms. The Kier molecular flexibility index (Phi) is 4.74. The van der Waals surface area contributed by atoms with E-state index in [-0.39, 0.29) is 5.56 Å². The van der Waals surface area contributed by atoms with E-state index in [0.717, 1.165) is 55.5 Å². The zero-order valence-corrected chi connectivity index (χ0v) is 16.6. The molecule has 0 aliphatic carbocycles. The van der Waals surface area contributed by atoms with Crippen molar-refractivity contribution in [1.82, 2.24) is 25.1 Å². The number of rotatable bonds is 4. The van der Waals surface area contributed by atoms with Crippen LogP contribution in [0.15, 0.2) is 28.5 Å². The highest BCUT2D eigenvalue weighted by Crippen LogP contribution is 2.28. The van der Waals surface area contributed by atoms with E-state index in [1.54, 1.807) is 11.3 Å². The monoisotopic (exact) mass is 396 g/mol. The number of thiophene rings is 1. The summed E-state index contributed by atoms with van der Waals surface area (Å²) < 4.78 is 0. The summed E-state index contributed by atoms with van der Waals surface area (Å²) in [5.41, 5.74) is 4.09. The van der Waals surface area contributed by atoms with Gasteiger partial charge in [-0.25, -0.2) is 4.98 Å². The number of hydrogen-bond acceptors (Lipinski definition) is 6. The summed E-state index contributed by atoms with van der Waals surface area (Å²) in [6.45, 7) is 4.32. The summed E-state index contributed by atoms with van der Waals surface area (Å²) in [6, 6.07) is 4.17. The highest BCUT2D eigenvalue weighted by atomic mass is 32.1. The van der Waals surface area contributed by atoms with Gasteiger partial charge in [-0.2, -0.15) is 5.10 Å². The fourth-order valence-electron chi connectivity index (χ4n) is 4.18. The average molecular weight is 397 g/mol. The van der Waals surface area contributed by atoms with E-state index in [9.17, 15) is 4.79 Å². The number of aromatic nitrogens is 4. The molecule has 0 unspecified atom stereocenters. The molecule has 0 aromatic carbocycles. The summed E-state index contributed by atoms with van der Waals surface area (Å²) in [6.07, 6.45) is 6.24. The molecule has 0 atom stereocenters. The van der Waals surface area contributed by atoms with Crippen LogP contribution in [0.2, 0.25) is 0 Å². The zero-order valence-electron chi connectivity index (χ0n) is 15.8. The fraction of sp³-hybridized carbons (Fsp3) is 0.450. The highest BCUT2D eigenvalue weighted by Gasteiger charge is 2.24. The molecule has 8 heteroatoms. The van der Waals surface area contributed by atoms with E-state index in [0.29, 0.717) is 6.54 Å². The van der Waals surface area contributed by atoms with E-state index in [4.69, 9.17) is 4.98 Å².